The van der Waals surface area contributed by atoms with Gasteiger partial charge in [-0.15, -0.1) is 0 Å². The summed E-state index contributed by atoms with van der Waals surface area (Å²) >= 11 is 5.96. The van der Waals surface area contributed by atoms with Gasteiger partial charge in [-0.2, -0.15) is 5.26 Å². The lowest BCUT2D eigenvalue weighted by Crippen LogP contribution is -2.29. The van der Waals surface area contributed by atoms with Crippen LogP contribution in [0.1, 0.15) is 30.8 Å². The van der Waals surface area contributed by atoms with Crippen molar-refractivity contribution in [1.29, 1.82) is 5.26 Å². The maximum atomic E-state index is 12.7. The molecule has 0 fully saturated rings. The van der Waals surface area contributed by atoms with Gasteiger partial charge in [-0.25, -0.2) is 18.1 Å². The molecule has 0 amide bonds. The fourth-order valence-corrected chi connectivity index (χ4v) is 4.22. The number of nitriles is 1. The largest absolute Gasteiger partial charge is 0.341 e. The van der Waals surface area contributed by atoms with Crippen LogP contribution in [-0.4, -0.2) is 18.4 Å². The third kappa shape index (κ3) is 4.19. The molecule has 0 aliphatic rings. The van der Waals surface area contributed by atoms with E-state index in [1.165, 1.54) is 18.2 Å². The first-order valence-corrected chi connectivity index (χ1v) is 10.1. The summed E-state index contributed by atoms with van der Waals surface area (Å²) < 4.78 is 28.1. The van der Waals surface area contributed by atoms with E-state index < -0.39 is 16.1 Å². The highest BCUT2D eigenvalue weighted by atomic mass is 35.5. The Morgan fingerprint density at radius 3 is 2.63 bits per heavy atom. The van der Waals surface area contributed by atoms with Crippen molar-refractivity contribution in [3.05, 3.63) is 71.1 Å². The number of nitrogens with one attached hydrogen (secondary N) is 2. The van der Waals surface area contributed by atoms with Crippen LogP contribution >= 0.6 is 11.6 Å². The number of hydrogen-bond acceptors (Lipinski definition) is 4. The Hall–Kier alpha value is -2.66. The van der Waals surface area contributed by atoms with Crippen LogP contribution in [0.15, 0.2) is 59.6 Å². The fraction of sp³-hybridized carbons (Fsp3) is 0.158. The zero-order valence-corrected chi connectivity index (χ0v) is 16.1. The van der Waals surface area contributed by atoms with Crippen molar-refractivity contribution in [2.75, 3.05) is 0 Å². The monoisotopic (exact) mass is 400 g/mol. The van der Waals surface area contributed by atoms with E-state index in [1.807, 2.05) is 43.3 Å². The highest BCUT2D eigenvalue weighted by Crippen LogP contribution is 2.24. The SMILES string of the molecule is CCC(NS(=O)(=O)c1ccc(C#N)c(Cl)c1)c1ncc(-c2ccccc2)[nH]1. The molecule has 0 aliphatic heterocycles. The number of halogens is 1. The average molecular weight is 401 g/mol. The van der Waals surface area contributed by atoms with Crippen LogP contribution in [0.3, 0.4) is 0 Å². The molecule has 138 valence electrons. The summed E-state index contributed by atoms with van der Waals surface area (Å²) in [5.74, 6) is 0.527. The lowest BCUT2D eigenvalue weighted by atomic mass is 10.2. The maximum Gasteiger partial charge on any atom is 0.241 e. The van der Waals surface area contributed by atoms with Crippen molar-refractivity contribution in [3.63, 3.8) is 0 Å². The predicted molar refractivity (Wildman–Crippen MR) is 104 cm³/mol. The van der Waals surface area contributed by atoms with Crippen LogP contribution < -0.4 is 4.72 Å². The molecule has 1 unspecified atom stereocenters. The number of sulfonamides is 1. The van der Waals surface area contributed by atoms with Crippen LogP contribution in [0.5, 0.6) is 0 Å². The minimum atomic E-state index is -3.83. The van der Waals surface area contributed by atoms with E-state index in [9.17, 15) is 8.42 Å². The number of aromatic amines is 1. The van der Waals surface area contributed by atoms with E-state index in [-0.39, 0.29) is 15.5 Å². The normalized spacial score (nSPS) is 12.5. The number of hydrogen-bond donors (Lipinski definition) is 2. The number of rotatable bonds is 6. The van der Waals surface area contributed by atoms with Crippen LogP contribution in [0.25, 0.3) is 11.3 Å². The van der Waals surface area contributed by atoms with Gasteiger partial charge < -0.3 is 4.98 Å². The summed E-state index contributed by atoms with van der Waals surface area (Å²) in [6.07, 6.45) is 2.19. The van der Waals surface area contributed by atoms with Crippen molar-refractivity contribution in [1.82, 2.24) is 14.7 Å². The van der Waals surface area contributed by atoms with E-state index >= 15 is 0 Å². The lowest BCUT2D eigenvalue weighted by molar-refractivity contribution is 0.539. The molecule has 8 heteroatoms. The van der Waals surface area contributed by atoms with Crippen molar-refractivity contribution < 1.29 is 8.42 Å². The molecule has 2 N–H and O–H groups in total. The Labute approximate surface area is 162 Å². The molecule has 1 aromatic heterocycles. The second-order valence-electron chi connectivity index (χ2n) is 5.88. The number of H-pyrrole nitrogens is 1. The van der Waals surface area contributed by atoms with Gasteiger partial charge in [-0.3, -0.25) is 0 Å². The van der Waals surface area contributed by atoms with Crippen LogP contribution in [-0.2, 0) is 10.0 Å². The number of imidazole rings is 1. The lowest BCUT2D eigenvalue weighted by Gasteiger charge is -2.15. The molecule has 3 aromatic rings. The molecule has 6 nitrogen and oxygen atoms in total. The molecule has 0 radical (unpaired) electrons. The Kier molecular flexibility index (Phi) is 5.61. The summed E-state index contributed by atoms with van der Waals surface area (Å²) in [5, 5.41) is 9.02. The summed E-state index contributed by atoms with van der Waals surface area (Å²) in [7, 11) is -3.83. The fourth-order valence-electron chi connectivity index (χ4n) is 2.62. The third-order valence-corrected chi connectivity index (χ3v) is 5.87. The zero-order valence-electron chi connectivity index (χ0n) is 14.5. The average Bonchev–Trinajstić information content (AvgIpc) is 3.17. The Balaban J connectivity index is 1.86. The topological polar surface area (TPSA) is 98.6 Å². The molecular formula is C19H17ClN4O2S. The van der Waals surface area contributed by atoms with E-state index in [0.717, 1.165) is 11.3 Å². The van der Waals surface area contributed by atoms with E-state index in [1.54, 1.807) is 6.20 Å². The molecule has 0 bridgehead atoms. The van der Waals surface area contributed by atoms with Gasteiger partial charge in [0, 0.05) is 0 Å². The summed E-state index contributed by atoms with van der Waals surface area (Å²) in [4.78, 5) is 7.51. The molecule has 1 heterocycles. The van der Waals surface area contributed by atoms with Gasteiger partial charge in [-0.05, 0) is 30.2 Å². The molecule has 0 saturated carbocycles. The molecule has 0 aliphatic carbocycles. The second kappa shape index (κ2) is 7.92. The Morgan fingerprint density at radius 1 is 1.26 bits per heavy atom. The Bertz CT molecular complexity index is 1090. The van der Waals surface area contributed by atoms with Gasteiger partial charge in [0.2, 0.25) is 10.0 Å². The number of nitrogens with zero attached hydrogens (tertiary/aromatic N) is 2. The molecule has 0 spiro atoms. The summed E-state index contributed by atoms with van der Waals surface area (Å²) in [5.41, 5.74) is 2.00. The molecule has 3 rings (SSSR count). The summed E-state index contributed by atoms with van der Waals surface area (Å²) in [6, 6.07) is 15.1. The van der Waals surface area contributed by atoms with E-state index in [4.69, 9.17) is 16.9 Å². The zero-order chi connectivity index (χ0) is 19.4. The smallest absolute Gasteiger partial charge is 0.241 e. The molecule has 2 aromatic carbocycles. The highest BCUT2D eigenvalue weighted by molar-refractivity contribution is 7.89. The van der Waals surface area contributed by atoms with Crippen molar-refractivity contribution >= 4 is 21.6 Å². The van der Waals surface area contributed by atoms with Gasteiger partial charge in [-0.1, -0.05) is 48.9 Å². The minimum Gasteiger partial charge on any atom is -0.341 e. The molecule has 1 atom stereocenters. The first kappa shape index (κ1) is 19.1. The number of aromatic nitrogens is 2. The highest BCUT2D eigenvalue weighted by Gasteiger charge is 2.23. The third-order valence-electron chi connectivity index (χ3n) is 4.09. The minimum absolute atomic E-state index is 0.000195. The van der Waals surface area contributed by atoms with Gasteiger partial charge in [0.15, 0.2) is 0 Å². The number of benzene rings is 2. The van der Waals surface area contributed by atoms with E-state index in [0.29, 0.717) is 12.2 Å². The predicted octanol–water partition coefficient (Wildman–Crippen LogP) is 4.03. The van der Waals surface area contributed by atoms with E-state index in [2.05, 4.69) is 14.7 Å². The molecule has 0 saturated heterocycles. The van der Waals surface area contributed by atoms with Crippen LogP contribution in [0, 0.1) is 11.3 Å². The maximum absolute atomic E-state index is 12.7. The van der Waals surface area contributed by atoms with Crippen molar-refractivity contribution in [2.45, 2.75) is 24.3 Å². The summed E-state index contributed by atoms with van der Waals surface area (Å²) in [6.45, 7) is 1.86. The van der Waals surface area contributed by atoms with Gasteiger partial charge in [0.05, 0.1) is 33.4 Å². The first-order valence-electron chi connectivity index (χ1n) is 8.27. The van der Waals surface area contributed by atoms with Crippen LogP contribution in [0.4, 0.5) is 0 Å². The Morgan fingerprint density at radius 2 is 2.00 bits per heavy atom. The van der Waals surface area contributed by atoms with Crippen LogP contribution in [0.2, 0.25) is 5.02 Å². The quantitative estimate of drug-likeness (QED) is 0.652. The first-order chi connectivity index (χ1) is 12.9. The molecular weight excluding hydrogens is 384 g/mol. The second-order valence-corrected chi connectivity index (χ2v) is 8.00. The molecule has 27 heavy (non-hydrogen) atoms. The van der Waals surface area contributed by atoms with Gasteiger partial charge in [0.1, 0.15) is 11.9 Å². The van der Waals surface area contributed by atoms with Crippen molar-refractivity contribution in [3.8, 4) is 17.3 Å². The standard InChI is InChI=1S/C19H17ClN4O2S/c1-2-17(19-22-12-18(23-19)13-6-4-3-5-7-13)24-27(25,26)15-9-8-14(11-21)16(20)10-15/h3-10,12,17,24H,2H2,1H3,(H,22,23). The van der Waals surface area contributed by atoms with Crippen molar-refractivity contribution in [2.24, 2.45) is 0 Å². The van der Waals surface area contributed by atoms with Gasteiger partial charge in [0.25, 0.3) is 0 Å². The van der Waals surface area contributed by atoms with Gasteiger partial charge >= 0.3 is 0 Å².